The number of benzene rings is 2. The van der Waals surface area contributed by atoms with Crippen molar-refractivity contribution in [2.45, 2.75) is 38.9 Å². The van der Waals surface area contributed by atoms with Gasteiger partial charge in [0.05, 0.1) is 35.4 Å². The van der Waals surface area contributed by atoms with Gasteiger partial charge < -0.3 is 9.30 Å². The monoisotopic (exact) mass is 564 g/mol. The van der Waals surface area contributed by atoms with Crippen molar-refractivity contribution in [3.63, 3.8) is 0 Å². The van der Waals surface area contributed by atoms with Crippen LogP contribution in [0.5, 0.6) is 0 Å². The van der Waals surface area contributed by atoms with Gasteiger partial charge in [-0.3, -0.25) is 0 Å². The number of hydrogen-bond donors (Lipinski definition) is 0. The van der Waals surface area contributed by atoms with Gasteiger partial charge in [0.15, 0.2) is 17.7 Å². The van der Waals surface area contributed by atoms with Crippen molar-refractivity contribution in [2.75, 3.05) is 6.61 Å². The SMILES string of the molecule is CCCCOC(=O)C(c1ccc(-c2ccc(C)cc2C(F)(F)F)nn1)n1cnc2nc(-c3ccccc3F)nc-2c1. The van der Waals surface area contributed by atoms with Gasteiger partial charge in [-0.1, -0.05) is 43.2 Å². The standard InChI is InChI=1S/C29H24F4N6O2/c1-3-4-13-41-28(40)25(23-12-11-22(37-38-23)18-10-9-17(2)14-20(18)29(31,32)33)39-15-24-27(34-16-39)36-26(35-24)19-7-5-6-8-21(19)30/h5-12,14-16,25H,3-4,13H2,1-2H3. The van der Waals surface area contributed by atoms with E-state index in [0.717, 1.165) is 12.5 Å². The molecule has 0 spiro atoms. The number of nitrogens with zero attached hydrogens (tertiary/aromatic N) is 6. The minimum Gasteiger partial charge on any atom is -0.464 e. The third kappa shape index (κ3) is 5.91. The van der Waals surface area contributed by atoms with Crippen molar-refractivity contribution in [2.24, 2.45) is 0 Å². The average Bonchev–Trinajstić information content (AvgIpc) is 3.37. The number of ether oxygens (including phenoxy) is 1. The van der Waals surface area contributed by atoms with Gasteiger partial charge in [0.2, 0.25) is 0 Å². The topological polar surface area (TPSA) is 95.7 Å². The van der Waals surface area contributed by atoms with E-state index < -0.39 is 29.6 Å². The first-order valence-electron chi connectivity index (χ1n) is 12.8. The molecule has 3 heterocycles. The molecular formula is C29H24F4N6O2. The Morgan fingerprint density at radius 3 is 2.49 bits per heavy atom. The highest BCUT2D eigenvalue weighted by Crippen LogP contribution is 2.37. The van der Waals surface area contributed by atoms with Crippen LogP contribution in [0.3, 0.4) is 0 Å². The van der Waals surface area contributed by atoms with Gasteiger partial charge in [-0.15, -0.1) is 0 Å². The number of esters is 1. The summed E-state index contributed by atoms with van der Waals surface area (Å²) in [5.74, 6) is -0.788. The van der Waals surface area contributed by atoms with Crippen molar-refractivity contribution in [3.05, 3.63) is 89.8 Å². The fraction of sp³-hybridized carbons (Fsp3) is 0.241. The zero-order chi connectivity index (χ0) is 29.1. The highest BCUT2D eigenvalue weighted by atomic mass is 19.4. The number of alkyl halides is 3. The lowest BCUT2D eigenvalue weighted by atomic mass is 10.0. The summed E-state index contributed by atoms with van der Waals surface area (Å²) in [5.41, 5.74) is 0.0884. The molecule has 0 saturated heterocycles. The van der Waals surface area contributed by atoms with Crippen LogP contribution in [0.15, 0.2) is 67.1 Å². The molecule has 5 rings (SSSR count). The number of halogens is 4. The maximum atomic E-state index is 14.3. The molecule has 41 heavy (non-hydrogen) atoms. The molecule has 0 aliphatic carbocycles. The molecule has 1 unspecified atom stereocenters. The largest absolute Gasteiger partial charge is 0.464 e. The molecule has 2 aliphatic heterocycles. The number of unbranched alkanes of at least 4 members (excludes halogenated alkanes) is 1. The lowest BCUT2D eigenvalue weighted by Gasteiger charge is -2.19. The van der Waals surface area contributed by atoms with E-state index in [2.05, 4.69) is 25.1 Å². The van der Waals surface area contributed by atoms with Crippen LogP contribution in [0.4, 0.5) is 17.6 Å². The zero-order valence-corrected chi connectivity index (χ0v) is 22.1. The van der Waals surface area contributed by atoms with Gasteiger partial charge in [-0.25, -0.2) is 24.1 Å². The minimum atomic E-state index is -4.59. The first-order chi connectivity index (χ1) is 19.7. The van der Waals surface area contributed by atoms with Crippen molar-refractivity contribution in [3.8, 4) is 34.2 Å². The molecule has 2 aromatic carbocycles. The van der Waals surface area contributed by atoms with Crippen LogP contribution in [0.25, 0.3) is 34.2 Å². The normalized spacial score (nSPS) is 12.4. The predicted octanol–water partition coefficient (Wildman–Crippen LogP) is 6.30. The van der Waals surface area contributed by atoms with Crippen LogP contribution in [0.1, 0.15) is 42.6 Å². The number of carbonyl (C=O) groups excluding carboxylic acids is 1. The molecule has 0 N–H and O–H groups in total. The lowest BCUT2D eigenvalue weighted by Crippen LogP contribution is -2.25. The number of carbonyl (C=O) groups is 1. The van der Waals surface area contributed by atoms with E-state index in [1.807, 2.05) is 6.92 Å². The summed E-state index contributed by atoms with van der Waals surface area (Å²) >= 11 is 0. The third-order valence-electron chi connectivity index (χ3n) is 6.35. The van der Waals surface area contributed by atoms with Crippen LogP contribution in [0, 0.1) is 12.7 Å². The van der Waals surface area contributed by atoms with Gasteiger partial charge in [0, 0.05) is 11.8 Å². The molecule has 8 nitrogen and oxygen atoms in total. The summed E-state index contributed by atoms with van der Waals surface area (Å²) in [6, 6.07) is 11.6. The maximum absolute atomic E-state index is 14.3. The second-order valence-corrected chi connectivity index (χ2v) is 9.37. The fourth-order valence-corrected chi connectivity index (χ4v) is 4.27. The smallest absolute Gasteiger partial charge is 0.417 e. The average molecular weight is 565 g/mol. The molecule has 0 saturated carbocycles. The number of rotatable bonds is 8. The number of imidazole rings is 1. The quantitative estimate of drug-likeness (QED) is 0.124. The van der Waals surface area contributed by atoms with Gasteiger partial charge in [-0.2, -0.15) is 23.4 Å². The zero-order valence-electron chi connectivity index (χ0n) is 22.1. The highest BCUT2D eigenvalue weighted by molar-refractivity contribution is 5.78. The Hall–Kier alpha value is -4.74. The van der Waals surface area contributed by atoms with E-state index in [-0.39, 0.29) is 46.5 Å². The highest BCUT2D eigenvalue weighted by Gasteiger charge is 2.34. The van der Waals surface area contributed by atoms with Crippen molar-refractivity contribution in [1.29, 1.82) is 0 Å². The molecule has 1 atom stereocenters. The molecule has 0 radical (unpaired) electrons. The van der Waals surface area contributed by atoms with E-state index in [0.29, 0.717) is 12.0 Å². The Morgan fingerprint density at radius 2 is 1.78 bits per heavy atom. The maximum Gasteiger partial charge on any atom is 0.417 e. The Bertz CT molecular complexity index is 1650. The van der Waals surface area contributed by atoms with E-state index in [4.69, 9.17) is 4.74 Å². The lowest BCUT2D eigenvalue weighted by molar-refractivity contribution is -0.146. The van der Waals surface area contributed by atoms with Crippen molar-refractivity contribution < 1.29 is 27.1 Å². The Labute approximate surface area is 232 Å². The third-order valence-corrected chi connectivity index (χ3v) is 6.35. The minimum absolute atomic E-state index is 0.00539. The van der Waals surface area contributed by atoms with E-state index in [1.165, 1.54) is 41.4 Å². The van der Waals surface area contributed by atoms with E-state index >= 15 is 0 Å². The van der Waals surface area contributed by atoms with Crippen LogP contribution < -0.4 is 0 Å². The van der Waals surface area contributed by atoms with Gasteiger partial charge >= 0.3 is 12.1 Å². The number of aryl methyl sites for hydroxylation is 1. The molecule has 3 aromatic rings. The first kappa shape index (κ1) is 27.8. The number of aromatic nitrogens is 6. The van der Waals surface area contributed by atoms with Crippen molar-refractivity contribution >= 4 is 5.97 Å². The summed E-state index contributed by atoms with van der Waals surface area (Å²) in [6.07, 6.45) is -0.313. The Balaban J connectivity index is 1.53. The summed E-state index contributed by atoms with van der Waals surface area (Å²) in [7, 11) is 0. The summed E-state index contributed by atoms with van der Waals surface area (Å²) in [4.78, 5) is 26.2. The van der Waals surface area contributed by atoms with Crippen LogP contribution in [0.2, 0.25) is 0 Å². The number of hydrogen-bond acceptors (Lipinski definition) is 7. The molecule has 0 bridgehead atoms. The summed E-state index contributed by atoms with van der Waals surface area (Å²) in [5, 5.41) is 8.15. The second-order valence-electron chi connectivity index (χ2n) is 9.37. The molecule has 0 amide bonds. The number of fused-ring (bicyclic) bond motifs is 1. The van der Waals surface area contributed by atoms with Gasteiger partial charge in [0.25, 0.3) is 0 Å². The molecule has 2 aliphatic rings. The molecule has 1 aromatic heterocycles. The fourth-order valence-electron chi connectivity index (χ4n) is 4.27. The predicted molar refractivity (Wildman–Crippen MR) is 141 cm³/mol. The second kappa shape index (κ2) is 11.4. The van der Waals surface area contributed by atoms with Gasteiger partial charge in [0.1, 0.15) is 11.5 Å². The molecular weight excluding hydrogens is 540 g/mol. The van der Waals surface area contributed by atoms with Crippen LogP contribution in [-0.2, 0) is 15.7 Å². The molecule has 12 heteroatoms. The Kier molecular flexibility index (Phi) is 7.73. The Morgan fingerprint density at radius 1 is 0.976 bits per heavy atom. The summed E-state index contributed by atoms with van der Waals surface area (Å²) in [6.45, 7) is 3.68. The van der Waals surface area contributed by atoms with E-state index in [9.17, 15) is 22.4 Å². The van der Waals surface area contributed by atoms with Crippen LogP contribution >= 0.6 is 0 Å². The molecule has 0 fully saturated rings. The van der Waals surface area contributed by atoms with E-state index in [1.54, 1.807) is 31.2 Å². The van der Waals surface area contributed by atoms with Crippen LogP contribution in [-0.4, -0.2) is 42.3 Å². The molecule has 210 valence electrons. The summed E-state index contributed by atoms with van der Waals surface area (Å²) < 4.78 is 62.3. The van der Waals surface area contributed by atoms with Crippen molar-refractivity contribution in [1.82, 2.24) is 29.7 Å². The van der Waals surface area contributed by atoms with Gasteiger partial charge in [-0.05, 0) is 43.7 Å². The first-order valence-corrected chi connectivity index (χ1v) is 12.8.